The molecule has 13 heavy (non-hydrogen) atoms. The maximum Gasteiger partial charge on any atom is 0.0481 e. The van der Waals surface area contributed by atoms with Gasteiger partial charge in [-0.1, -0.05) is 29.3 Å². The van der Waals surface area contributed by atoms with Gasteiger partial charge in [0.1, 0.15) is 0 Å². The third-order valence-electron chi connectivity index (χ3n) is 1.78. The molecule has 0 heterocycles. The van der Waals surface area contributed by atoms with Crippen LogP contribution in [0.2, 0.25) is 10.0 Å². The van der Waals surface area contributed by atoms with Crippen molar-refractivity contribution in [3.8, 4) is 0 Å². The first-order valence-corrected chi connectivity index (χ1v) is 4.73. The van der Waals surface area contributed by atoms with E-state index in [0.29, 0.717) is 16.6 Å². The van der Waals surface area contributed by atoms with Gasteiger partial charge in [0.15, 0.2) is 0 Å². The molecule has 0 saturated carbocycles. The van der Waals surface area contributed by atoms with Gasteiger partial charge in [0.05, 0.1) is 0 Å². The fraction of sp³-hybridized carbons (Fsp3) is 0.200. The van der Waals surface area contributed by atoms with E-state index >= 15 is 0 Å². The van der Waals surface area contributed by atoms with Crippen molar-refractivity contribution in [3.63, 3.8) is 0 Å². The Kier molecular flexibility index (Phi) is 3.79. The third kappa shape index (κ3) is 2.73. The molecule has 0 aliphatic carbocycles. The Balaban J connectivity index is 3.13. The monoisotopic (exact) mass is 215 g/mol. The summed E-state index contributed by atoms with van der Waals surface area (Å²) in [5.41, 5.74) is 7.40. The van der Waals surface area contributed by atoms with Crippen molar-refractivity contribution in [1.29, 1.82) is 0 Å². The minimum atomic E-state index is 0.509. The Labute approximate surface area is 88.1 Å². The van der Waals surface area contributed by atoms with Gasteiger partial charge < -0.3 is 5.73 Å². The predicted molar refractivity (Wildman–Crippen MR) is 59.2 cm³/mol. The van der Waals surface area contributed by atoms with Gasteiger partial charge in [-0.2, -0.15) is 0 Å². The lowest BCUT2D eigenvalue weighted by molar-refractivity contribution is 1.25. The number of allylic oxidation sites excluding steroid dienone is 1. The highest BCUT2D eigenvalue weighted by atomic mass is 35.5. The molecule has 0 atom stereocenters. The fourth-order valence-corrected chi connectivity index (χ4v) is 1.53. The highest BCUT2D eigenvalue weighted by Gasteiger charge is 2.02. The number of hydrogen-bond acceptors (Lipinski definition) is 1. The lowest BCUT2D eigenvalue weighted by atomic mass is 10.1. The summed E-state index contributed by atoms with van der Waals surface area (Å²) in [6, 6.07) is 5.39. The summed E-state index contributed by atoms with van der Waals surface area (Å²) in [7, 11) is 0. The molecule has 0 amide bonds. The van der Waals surface area contributed by atoms with Gasteiger partial charge in [-0.25, -0.2) is 0 Å². The standard InChI is InChI=1S/C10H11Cl2N/c1-7(4-5-13)9-6-8(11)2-3-10(9)12/h2-4,6H,5,13H2,1H3. The van der Waals surface area contributed by atoms with Crippen LogP contribution in [-0.2, 0) is 0 Å². The number of hydrogen-bond donors (Lipinski definition) is 1. The highest BCUT2D eigenvalue weighted by Crippen LogP contribution is 2.26. The highest BCUT2D eigenvalue weighted by molar-refractivity contribution is 6.34. The molecule has 0 fully saturated rings. The van der Waals surface area contributed by atoms with Crippen LogP contribution in [0.25, 0.3) is 5.57 Å². The van der Waals surface area contributed by atoms with Crippen molar-refractivity contribution < 1.29 is 0 Å². The van der Waals surface area contributed by atoms with Crippen LogP contribution in [0.4, 0.5) is 0 Å². The molecule has 0 radical (unpaired) electrons. The molecule has 1 nitrogen and oxygen atoms in total. The molecule has 0 aromatic heterocycles. The number of rotatable bonds is 2. The maximum absolute atomic E-state index is 5.99. The van der Waals surface area contributed by atoms with Crippen LogP contribution < -0.4 is 5.73 Å². The van der Waals surface area contributed by atoms with Crippen molar-refractivity contribution in [2.75, 3.05) is 6.54 Å². The molecular formula is C10H11Cl2N. The van der Waals surface area contributed by atoms with Gasteiger partial charge in [0.2, 0.25) is 0 Å². The van der Waals surface area contributed by atoms with Gasteiger partial charge in [0.25, 0.3) is 0 Å². The number of halogens is 2. The zero-order chi connectivity index (χ0) is 9.84. The Hall–Kier alpha value is -0.500. The molecule has 2 N–H and O–H groups in total. The van der Waals surface area contributed by atoms with Crippen LogP contribution in [0.1, 0.15) is 12.5 Å². The Morgan fingerprint density at radius 2 is 2.15 bits per heavy atom. The van der Waals surface area contributed by atoms with E-state index in [9.17, 15) is 0 Å². The van der Waals surface area contributed by atoms with Crippen LogP contribution in [0, 0.1) is 0 Å². The van der Waals surface area contributed by atoms with Crippen LogP contribution in [0.15, 0.2) is 24.3 Å². The molecule has 0 bridgehead atoms. The second-order valence-corrected chi connectivity index (χ2v) is 3.59. The Morgan fingerprint density at radius 1 is 1.46 bits per heavy atom. The normalized spacial score (nSPS) is 11.8. The first kappa shape index (κ1) is 10.6. The molecule has 0 spiro atoms. The van der Waals surface area contributed by atoms with Gasteiger partial charge >= 0.3 is 0 Å². The van der Waals surface area contributed by atoms with Gasteiger partial charge in [0, 0.05) is 16.6 Å². The van der Waals surface area contributed by atoms with Crippen molar-refractivity contribution >= 4 is 28.8 Å². The summed E-state index contributed by atoms with van der Waals surface area (Å²) in [6.45, 7) is 2.47. The second kappa shape index (κ2) is 4.66. The van der Waals surface area contributed by atoms with Crippen LogP contribution >= 0.6 is 23.2 Å². The number of benzene rings is 1. The van der Waals surface area contributed by atoms with E-state index in [1.807, 2.05) is 19.1 Å². The molecule has 1 aromatic carbocycles. The second-order valence-electron chi connectivity index (χ2n) is 2.75. The first-order chi connectivity index (χ1) is 6.15. The fourth-order valence-electron chi connectivity index (χ4n) is 1.09. The van der Waals surface area contributed by atoms with E-state index in [1.165, 1.54) is 0 Å². The molecule has 3 heteroatoms. The van der Waals surface area contributed by atoms with Gasteiger partial charge in [-0.15, -0.1) is 0 Å². The molecule has 0 saturated heterocycles. The average Bonchev–Trinajstić information content (AvgIpc) is 2.09. The quantitative estimate of drug-likeness (QED) is 0.805. The van der Waals surface area contributed by atoms with Gasteiger partial charge in [-0.05, 0) is 36.3 Å². The zero-order valence-corrected chi connectivity index (χ0v) is 8.86. The van der Waals surface area contributed by atoms with E-state index in [-0.39, 0.29) is 0 Å². The topological polar surface area (TPSA) is 26.0 Å². The lowest BCUT2D eigenvalue weighted by Gasteiger charge is -2.04. The summed E-state index contributed by atoms with van der Waals surface area (Å²) < 4.78 is 0. The van der Waals surface area contributed by atoms with Crippen LogP contribution in [0.5, 0.6) is 0 Å². The molecular weight excluding hydrogens is 205 g/mol. The molecule has 0 aliphatic rings. The lowest BCUT2D eigenvalue weighted by Crippen LogP contribution is -1.94. The van der Waals surface area contributed by atoms with Crippen molar-refractivity contribution in [2.24, 2.45) is 5.73 Å². The van der Waals surface area contributed by atoms with Crippen LogP contribution in [-0.4, -0.2) is 6.54 Å². The maximum atomic E-state index is 5.99. The van der Waals surface area contributed by atoms with Crippen LogP contribution in [0.3, 0.4) is 0 Å². The Morgan fingerprint density at radius 3 is 2.77 bits per heavy atom. The average molecular weight is 216 g/mol. The molecule has 1 rings (SSSR count). The van der Waals surface area contributed by atoms with Gasteiger partial charge in [-0.3, -0.25) is 0 Å². The Bertz CT molecular complexity index is 332. The smallest absolute Gasteiger partial charge is 0.0481 e. The minimum Gasteiger partial charge on any atom is -0.327 e. The van der Waals surface area contributed by atoms with Crippen molar-refractivity contribution in [2.45, 2.75) is 6.92 Å². The number of nitrogens with two attached hydrogens (primary N) is 1. The molecule has 0 aliphatic heterocycles. The summed E-state index contributed by atoms with van der Waals surface area (Å²) >= 11 is 11.8. The van der Waals surface area contributed by atoms with Crippen molar-refractivity contribution in [3.05, 3.63) is 39.9 Å². The largest absolute Gasteiger partial charge is 0.327 e. The van der Waals surface area contributed by atoms with Crippen molar-refractivity contribution in [1.82, 2.24) is 0 Å². The summed E-state index contributed by atoms with van der Waals surface area (Å²) in [5, 5.41) is 1.38. The summed E-state index contributed by atoms with van der Waals surface area (Å²) in [6.07, 6.45) is 1.91. The zero-order valence-electron chi connectivity index (χ0n) is 7.35. The molecule has 0 unspecified atom stereocenters. The SMILES string of the molecule is CC(=CCN)c1cc(Cl)ccc1Cl. The van der Waals surface area contributed by atoms with E-state index < -0.39 is 0 Å². The van der Waals surface area contributed by atoms with E-state index in [4.69, 9.17) is 28.9 Å². The third-order valence-corrected chi connectivity index (χ3v) is 2.34. The van der Waals surface area contributed by atoms with E-state index in [0.717, 1.165) is 11.1 Å². The summed E-state index contributed by atoms with van der Waals surface area (Å²) in [4.78, 5) is 0. The molecule has 1 aromatic rings. The minimum absolute atomic E-state index is 0.509. The molecule has 70 valence electrons. The first-order valence-electron chi connectivity index (χ1n) is 3.97. The van der Waals surface area contributed by atoms with E-state index in [2.05, 4.69) is 0 Å². The van der Waals surface area contributed by atoms with E-state index in [1.54, 1.807) is 12.1 Å². The summed E-state index contributed by atoms with van der Waals surface area (Å²) in [5.74, 6) is 0. The predicted octanol–water partition coefficient (Wildman–Crippen LogP) is 3.36.